The maximum atomic E-state index is 12.6. The van der Waals surface area contributed by atoms with Gasteiger partial charge in [-0.2, -0.15) is 0 Å². The SMILES string of the molecule is CCOP(=O)(Cc1ccccc1)CC(C)C(=O)O. The Labute approximate surface area is 107 Å². The smallest absolute Gasteiger partial charge is 0.306 e. The lowest BCUT2D eigenvalue weighted by atomic mass is 10.2. The predicted octanol–water partition coefficient (Wildman–Crippen LogP) is 3.22. The van der Waals surface area contributed by atoms with Crippen LogP contribution in [0.2, 0.25) is 0 Å². The van der Waals surface area contributed by atoms with Crippen molar-refractivity contribution in [3.05, 3.63) is 35.9 Å². The van der Waals surface area contributed by atoms with Crippen LogP contribution in [0.15, 0.2) is 30.3 Å². The average Bonchev–Trinajstić information content (AvgIpc) is 2.29. The normalized spacial score (nSPS) is 15.9. The van der Waals surface area contributed by atoms with Crippen molar-refractivity contribution in [2.45, 2.75) is 20.0 Å². The monoisotopic (exact) mass is 270 g/mol. The van der Waals surface area contributed by atoms with Gasteiger partial charge >= 0.3 is 5.97 Å². The van der Waals surface area contributed by atoms with Crippen molar-refractivity contribution in [2.24, 2.45) is 5.92 Å². The molecule has 0 bridgehead atoms. The number of carbonyl (C=O) groups is 1. The van der Waals surface area contributed by atoms with E-state index in [1.54, 1.807) is 13.8 Å². The molecule has 18 heavy (non-hydrogen) atoms. The Hall–Kier alpha value is -1.12. The molecule has 0 amide bonds. The minimum Gasteiger partial charge on any atom is -0.481 e. The third-order valence-electron chi connectivity index (χ3n) is 2.60. The molecule has 0 aliphatic rings. The summed E-state index contributed by atoms with van der Waals surface area (Å²) in [5.74, 6) is -1.60. The minimum atomic E-state index is -2.93. The van der Waals surface area contributed by atoms with Gasteiger partial charge in [-0.1, -0.05) is 37.3 Å². The molecule has 1 aromatic carbocycles. The van der Waals surface area contributed by atoms with E-state index < -0.39 is 19.3 Å². The van der Waals surface area contributed by atoms with Crippen molar-refractivity contribution < 1.29 is 19.0 Å². The second-order valence-corrected chi connectivity index (χ2v) is 6.87. The van der Waals surface area contributed by atoms with Crippen molar-refractivity contribution in [2.75, 3.05) is 12.8 Å². The number of rotatable bonds is 7. The van der Waals surface area contributed by atoms with Gasteiger partial charge in [-0.15, -0.1) is 0 Å². The van der Waals surface area contributed by atoms with Gasteiger partial charge in [-0.05, 0) is 12.5 Å². The maximum absolute atomic E-state index is 12.6. The fourth-order valence-electron chi connectivity index (χ4n) is 1.76. The fraction of sp³-hybridized carbons (Fsp3) is 0.462. The zero-order valence-electron chi connectivity index (χ0n) is 10.7. The Balaban J connectivity index is 2.80. The molecule has 4 nitrogen and oxygen atoms in total. The van der Waals surface area contributed by atoms with E-state index in [1.807, 2.05) is 30.3 Å². The van der Waals surface area contributed by atoms with Crippen LogP contribution in [0.1, 0.15) is 19.4 Å². The second-order valence-electron chi connectivity index (χ2n) is 4.30. The third kappa shape index (κ3) is 4.63. The number of hydrogen-bond donors (Lipinski definition) is 1. The Kier molecular flexibility index (Phi) is 5.57. The Morgan fingerprint density at radius 3 is 2.50 bits per heavy atom. The van der Waals surface area contributed by atoms with Crippen molar-refractivity contribution in [1.29, 1.82) is 0 Å². The van der Waals surface area contributed by atoms with E-state index in [1.165, 1.54) is 0 Å². The van der Waals surface area contributed by atoms with E-state index in [9.17, 15) is 9.36 Å². The zero-order chi connectivity index (χ0) is 13.6. The molecule has 0 aromatic heterocycles. The van der Waals surface area contributed by atoms with E-state index >= 15 is 0 Å². The van der Waals surface area contributed by atoms with E-state index in [2.05, 4.69) is 0 Å². The fourth-order valence-corrected chi connectivity index (χ4v) is 4.31. The summed E-state index contributed by atoms with van der Waals surface area (Å²) in [6.07, 6.45) is 0.365. The lowest BCUT2D eigenvalue weighted by Gasteiger charge is -2.19. The van der Waals surface area contributed by atoms with E-state index in [0.29, 0.717) is 12.8 Å². The number of aliphatic carboxylic acids is 1. The summed E-state index contributed by atoms with van der Waals surface area (Å²) in [5.41, 5.74) is 0.909. The summed E-state index contributed by atoms with van der Waals surface area (Å²) in [7, 11) is -2.93. The van der Waals surface area contributed by atoms with Crippen LogP contribution in [0.25, 0.3) is 0 Å². The van der Waals surface area contributed by atoms with Crippen LogP contribution in [0, 0.1) is 5.92 Å². The molecule has 0 heterocycles. The van der Waals surface area contributed by atoms with E-state index in [4.69, 9.17) is 9.63 Å². The van der Waals surface area contributed by atoms with Crippen LogP contribution in [0.5, 0.6) is 0 Å². The zero-order valence-corrected chi connectivity index (χ0v) is 11.6. The Morgan fingerprint density at radius 1 is 1.39 bits per heavy atom. The van der Waals surface area contributed by atoms with Crippen LogP contribution in [-0.4, -0.2) is 23.8 Å². The van der Waals surface area contributed by atoms with Gasteiger partial charge in [0.1, 0.15) is 0 Å². The van der Waals surface area contributed by atoms with Crippen molar-refractivity contribution >= 4 is 13.3 Å². The highest BCUT2D eigenvalue weighted by Gasteiger charge is 2.28. The molecule has 0 radical (unpaired) electrons. The topological polar surface area (TPSA) is 63.6 Å². The Morgan fingerprint density at radius 2 is 2.00 bits per heavy atom. The predicted molar refractivity (Wildman–Crippen MR) is 71.0 cm³/mol. The molecular formula is C13H19O4P. The number of carboxylic acid groups (broad SMARTS) is 1. The maximum Gasteiger partial charge on any atom is 0.306 e. The minimum absolute atomic E-state index is 0.0745. The summed E-state index contributed by atoms with van der Waals surface area (Å²) < 4.78 is 18.0. The molecule has 0 saturated heterocycles. The second kappa shape index (κ2) is 6.72. The van der Waals surface area contributed by atoms with E-state index in [0.717, 1.165) is 5.56 Å². The first-order valence-corrected chi connectivity index (χ1v) is 7.95. The first kappa shape index (κ1) is 14.9. The third-order valence-corrected chi connectivity index (χ3v) is 5.28. The average molecular weight is 270 g/mol. The molecule has 100 valence electrons. The van der Waals surface area contributed by atoms with Gasteiger partial charge in [0.15, 0.2) is 0 Å². The van der Waals surface area contributed by atoms with Crippen LogP contribution in [0.4, 0.5) is 0 Å². The lowest BCUT2D eigenvalue weighted by molar-refractivity contribution is -0.140. The molecule has 0 spiro atoms. The molecule has 5 heteroatoms. The van der Waals surface area contributed by atoms with Crippen LogP contribution in [-0.2, 0) is 20.0 Å². The summed E-state index contributed by atoms with van der Waals surface area (Å²) in [4.78, 5) is 10.9. The molecule has 1 rings (SSSR count). The first-order chi connectivity index (χ1) is 8.47. The molecule has 1 N–H and O–H groups in total. The van der Waals surface area contributed by atoms with Gasteiger partial charge in [0.05, 0.1) is 12.5 Å². The summed E-state index contributed by atoms with van der Waals surface area (Å²) in [6.45, 7) is 3.65. The highest BCUT2D eigenvalue weighted by molar-refractivity contribution is 7.58. The quantitative estimate of drug-likeness (QED) is 0.773. The van der Waals surface area contributed by atoms with Crippen molar-refractivity contribution in [3.8, 4) is 0 Å². The summed E-state index contributed by atoms with van der Waals surface area (Å²) in [6, 6.07) is 9.36. The number of hydrogen-bond acceptors (Lipinski definition) is 3. The first-order valence-electron chi connectivity index (χ1n) is 5.96. The lowest BCUT2D eigenvalue weighted by Crippen LogP contribution is -2.16. The summed E-state index contributed by atoms with van der Waals surface area (Å²) >= 11 is 0. The highest BCUT2D eigenvalue weighted by atomic mass is 31.2. The molecule has 0 aliphatic carbocycles. The molecule has 2 unspecified atom stereocenters. The van der Waals surface area contributed by atoms with Crippen molar-refractivity contribution in [1.82, 2.24) is 0 Å². The van der Waals surface area contributed by atoms with Crippen molar-refractivity contribution in [3.63, 3.8) is 0 Å². The van der Waals surface area contributed by atoms with Crippen LogP contribution in [0.3, 0.4) is 0 Å². The molecule has 0 fully saturated rings. The molecule has 0 saturated carbocycles. The standard InChI is InChI=1S/C13H19O4P/c1-3-17-18(16,9-11(2)13(14)15)10-12-7-5-4-6-8-12/h4-8,11H,3,9-10H2,1-2H3,(H,14,15). The van der Waals surface area contributed by atoms with Gasteiger partial charge in [0, 0.05) is 12.3 Å². The molecule has 2 atom stereocenters. The van der Waals surface area contributed by atoms with Gasteiger partial charge in [-0.25, -0.2) is 0 Å². The highest BCUT2D eigenvalue weighted by Crippen LogP contribution is 2.51. The molecular weight excluding hydrogens is 251 g/mol. The number of benzene rings is 1. The van der Waals surface area contributed by atoms with Crippen LogP contribution >= 0.6 is 7.37 Å². The van der Waals surface area contributed by atoms with Crippen LogP contribution < -0.4 is 0 Å². The number of carboxylic acids is 1. The van der Waals surface area contributed by atoms with E-state index in [-0.39, 0.29) is 6.16 Å². The summed E-state index contributed by atoms with van der Waals surface area (Å²) in [5, 5.41) is 8.90. The molecule has 1 aromatic rings. The van der Waals surface area contributed by atoms with Gasteiger partial charge in [0.2, 0.25) is 7.37 Å². The van der Waals surface area contributed by atoms with Gasteiger partial charge in [-0.3, -0.25) is 9.36 Å². The molecule has 0 aliphatic heterocycles. The van der Waals surface area contributed by atoms with Gasteiger partial charge < -0.3 is 9.63 Å². The largest absolute Gasteiger partial charge is 0.481 e. The Bertz CT molecular complexity index is 430. The van der Waals surface area contributed by atoms with Gasteiger partial charge in [0.25, 0.3) is 0 Å².